The molecule has 106 valence electrons. The van der Waals surface area contributed by atoms with Crippen molar-refractivity contribution in [3.63, 3.8) is 0 Å². The number of benzene rings is 1. The lowest BCUT2D eigenvalue weighted by atomic mass is 10.1. The number of likely N-dealkylation sites (N-methyl/N-ethyl adjacent to an activating group) is 2. The number of nitrogens with zero attached hydrogens (tertiary/aromatic N) is 2. The summed E-state index contributed by atoms with van der Waals surface area (Å²) in [6.07, 6.45) is 0. The normalized spacial score (nSPS) is 10.6. The molecular formula is C14H23N3O2. The van der Waals surface area contributed by atoms with Gasteiger partial charge in [-0.1, -0.05) is 0 Å². The maximum absolute atomic E-state index is 11.7. The van der Waals surface area contributed by atoms with Crippen molar-refractivity contribution in [2.45, 2.75) is 6.92 Å². The highest BCUT2D eigenvalue weighted by Gasteiger charge is 2.15. The molecule has 0 aliphatic rings. The standard InChI is InChI=1S/C14H23N3O2/c1-10-8-11(17(4)7-6-16(2)3)9-12(13(10)15)14(18)19-5/h8-9H,6-7,15H2,1-5H3. The van der Waals surface area contributed by atoms with Crippen LogP contribution in [-0.2, 0) is 4.74 Å². The number of aryl methyl sites for hydroxylation is 1. The van der Waals surface area contributed by atoms with Gasteiger partial charge in [0.2, 0.25) is 0 Å². The minimum absolute atomic E-state index is 0.400. The lowest BCUT2D eigenvalue weighted by molar-refractivity contribution is 0.0602. The summed E-state index contributed by atoms with van der Waals surface area (Å²) in [7, 11) is 7.42. The van der Waals surface area contributed by atoms with Crippen LogP contribution in [0.3, 0.4) is 0 Å². The van der Waals surface area contributed by atoms with Gasteiger partial charge in [0.15, 0.2) is 0 Å². The second kappa shape index (κ2) is 6.43. The third-order valence-electron chi connectivity index (χ3n) is 3.10. The Bertz CT molecular complexity index is 458. The number of nitrogen functional groups attached to an aromatic ring is 1. The van der Waals surface area contributed by atoms with E-state index < -0.39 is 5.97 Å². The molecule has 0 heterocycles. The van der Waals surface area contributed by atoms with E-state index in [0.717, 1.165) is 24.3 Å². The van der Waals surface area contributed by atoms with Crippen molar-refractivity contribution < 1.29 is 9.53 Å². The van der Waals surface area contributed by atoms with Gasteiger partial charge in [0, 0.05) is 31.5 Å². The number of esters is 1. The predicted molar refractivity (Wildman–Crippen MR) is 78.8 cm³/mol. The van der Waals surface area contributed by atoms with Crippen molar-refractivity contribution in [3.05, 3.63) is 23.3 Å². The van der Waals surface area contributed by atoms with Gasteiger partial charge < -0.3 is 20.3 Å². The molecule has 0 saturated heterocycles. The van der Waals surface area contributed by atoms with Gasteiger partial charge in [0.25, 0.3) is 0 Å². The fourth-order valence-electron chi connectivity index (χ4n) is 1.76. The molecule has 0 bridgehead atoms. The van der Waals surface area contributed by atoms with Crippen LogP contribution in [0.5, 0.6) is 0 Å². The number of anilines is 2. The van der Waals surface area contributed by atoms with E-state index >= 15 is 0 Å². The average molecular weight is 265 g/mol. The second-order valence-corrected chi connectivity index (χ2v) is 4.94. The molecule has 0 aliphatic carbocycles. The fraction of sp³-hybridized carbons (Fsp3) is 0.500. The van der Waals surface area contributed by atoms with Crippen LogP contribution in [0.1, 0.15) is 15.9 Å². The van der Waals surface area contributed by atoms with E-state index in [-0.39, 0.29) is 0 Å². The Kier molecular flexibility index (Phi) is 5.18. The Morgan fingerprint density at radius 3 is 2.42 bits per heavy atom. The summed E-state index contributed by atoms with van der Waals surface area (Å²) in [5, 5.41) is 0. The van der Waals surface area contributed by atoms with Gasteiger partial charge >= 0.3 is 5.97 Å². The summed E-state index contributed by atoms with van der Waals surface area (Å²) >= 11 is 0. The first-order valence-corrected chi connectivity index (χ1v) is 6.21. The first-order chi connectivity index (χ1) is 8.86. The van der Waals surface area contributed by atoms with Gasteiger partial charge in [0.1, 0.15) is 0 Å². The number of ether oxygens (including phenoxy) is 1. The lowest BCUT2D eigenvalue weighted by Gasteiger charge is -2.23. The molecule has 0 radical (unpaired) electrons. The molecule has 1 aromatic carbocycles. The summed E-state index contributed by atoms with van der Waals surface area (Å²) in [5.74, 6) is -0.400. The zero-order valence-corrected chi connectivity index (χ0v) is 12.4. The maximum atomic E-state index is 11.7. The van der Waals surface area contributed by atoms with Gasteiger partial charge in [0.05, 0.1) is 12.7 Å². The highest BCUT2D eigenvalue weighted by molar-refractivity contribution is 5.97. The molecule has 1 rings (SSSR count). The molecule has 0 aromatic heterocycles. The monoisotopic (exact) mass is 265 g/mol. The third kappa shape index (κ3) is 3.86. The fourth-order valence-corrected chi connectivity index (χ4v) is 1.76. The smallest absolute Gasteiger partial charge is 0.340 e. The first kappa shape index (κ1) is 15.3. The van der Waals surface area contributed by atoms with Crippen LogP contribution in [0.2, 0.25) is 0 Å². The SMILES string of the molecule is COC(=O)c1cc(N(C)CCN(C)C)cc(C)c1N. The topological polar surface area (TPSA) is 58.8 Å². The quantitative estimate of drug-likeness (QED) is 0.643. The van der Waals surface area contributed by atoms with Crippen molar-refractivity contribution >= 4 is 17.3 Å². The van der Waals surface area contributed by atoms with Crippen LogP contribution in [0, 0.1) is 6.92 Å². The van der Waals surface area contributed by atoms with E-state index in [9.17, 15) is 4.79 Å². The van der Waals surface area contributed by atoms with E-state index in [1.807, 2.05) is 34.1 Å². The van der Waals surface area contributed by atoms with Crippen LogP contribution in [-0.4, -0.2) is 52.2 Å². The molecule has 0 saturated carbocycles. The van der Waals surface area contributed by atoms with Crippen molar-refractivity contribution in [2.24, 2.45) is 0 Å². The highest BCUT2D eigenvalue weighted by atomic mass is 16.5. The van der Waals surface area contributed by atoms with Crippen molar-refractivity contribution in [2.75, 3.05) is 52.0 Å². The molecule has 0 amide bonds. The van der Waals surface area contributed by atoms with Crippen LogP contribution < -0.4 is 10.6 Å². The van der Waals surface area contributed by atoms with Crippen LogP contribution in [0.25, 0.3) is 0 Å². The molecular weight excluding hydrogens is 242 g/mol. The zero-order chi connectivity index (χ0) is 14.6. The molecule has 0 unspecified atom stereocenters. The third-order valence-corrected chi connectivity index (χ3v) is 3.10. The minimum Gasteiger partial charge on any atom is -0.465 e. The molecule has 2 N–H and O–H groups in total. The van der Waals surface area contributed by atoms with E-state index in [0.29, 0.717) is 11.3 Å². The summed E-state index contributed by atoms with van der Waals surface area (Å²) in [4.78, 5) is 15.9. The Hall–Kier alpha value is -1.75. The number of nitrogens with two attached hydrogens (primary N) is 1. The molecule has 5 heteroatoms. The van der Waals surface area contributed by atoms with E-state index in [4.69, 9.17) is 10.5 Å². The number of carbonyl (C=O) groups excluding carboxylic acids is 1. The summed E-state index contributed by atoms with van der Waals surface area (Å²) < 4.78 is 4.76. The summed E-state index contributed by atoms with van der Waals surface area (Å²) in [6.45, 7) is 3.70. The van der Waals surface area contributed by atoms with Crippen LogP contribution in [0.4, 0.5) is 11.4 Å². The highest BCUT2D eigenvalue weighted by Crippen LogP contribution is 2.25. The Balaban J connectivity index is 3.02. The molecule has 0 aliphatic heterocycles. The number of rotatable bonds is 5. The Morgan fingerprint density at radius 1 is 1.26 bits per heavy atom. The van der Waals surface area contributed by atoms with Gasteiger partial charge in [-0.2, -0.15) is 0 Å². The molecule has 19 heavy (non-hydrogen) atoms. The molecule has 1 aromatic rings. The summed E-state index contributed by atoms with van der Waals surface area (Å²) in [5.41, 5.74) is 8.68. The molecule has 0 fully saturated rings. The van der Waals surface area contributed by atoms with Crippen LogP contribution in [0.15, 0.2) is 12.1 Å². The predicted octanol–water partition coefficient (Wildman–Crippen LogP) is 1.36. The van der Waals surface area contributed by atoms with Gasteiger partial charge in [-0.05, 0) is 38.7 Å². The maximum Gasteiger partial charge on any atom is 0.340 e. The van der Waals surface area contributed by atoms with Crippen LogP contribution >= 0.6 is 0 Å². The molecule has 0 spiro atoms. The molecule has 0 atom stereocenters. The molecule has 5 nitrogen and oxygen atoms in total. The number of methoxy groups -OCH3 is 1. The van der Waals surface area contributed by atoms with E-state index in [2.05, 4.69) is 9.80 Å². The minimum atomic E-state index is -0.400. The number of hydrogen-bond donors (Lipinski definition) is 1. The number of carbonyl (C=O) groups is 1. The van der Waals surface area contributed by atoms with E-state index in [1.54, 1.807) is 6.07 Å². The first-order valence-electron chi connectivity index (χ1n) is 6.21. The van der Waals surface area contributed by atoms with Crippen molar-refractivity contribution in [3.8, 4) is 0 Å². The van der Waals surface area contributed by atoms with Gasteiger partial charge in [-0.25, -0.2) is 4.79 Å². The van der Waals surface area contributed by atoms with E-state index in [1.165, 1.54) is 7.11 Å². The summed E-state index contributed by atoms with van der Waals surface area (Å²) in [6, 6.07) is 3.77. The zero-order valence-electron chi connectivity index (χ0n) is 12.4. The number of hydrogen-bond acceptors (Lipinski definition) is 5. The van der Waals surface area contributed by atoms with Gasteiger partial charge in [-0.15, -0.1) is 0 Å². The average Bonchev–Trinajstić information content (AvgIpc) is 2.37. The van der Waals surface area contributed by atoms with Crippen molar-refractivity contribution in [1.29, 1.82) is 0 Å². The second-order valence-electron chi connectivity index (χ2n) is 4.94. The van der Waals surface area contributed by atoms with Gasteiger partial charge in [-0.3, -0.25) is 0 Å². The largest absolute Gasteiger partial charge is 0.465 e. The van der Waals surface area contributed by atoms with Crippen molar-refractivity contribution in [1.82, 2.24) is 4.90 Å². The Labute approximate surface area is 114 Å². The lowest BCUT2D eigenvalue weighted by Crippen LogP contribution is -2.28. The Morgan fingerprint density at radius 2 is 1.89 bits per heavy atom.